The first kappa shape index (κ1) is 17.9. The summed E-state index contributed by atoms with van der Waals surface area (Å²) in [5, 5.41) is 7.37. The van der Waals surface area contributed by atoms with Crippen molar-refractivity contribution in [2.45, 2.75) is 44.6 Å². The van der Waals surface area contributed by atoms with Crippen LogP contribution in [0, 0.1) is 0 Å². The molecule has 6 nitrogen and oxygen atoms in total. The van der Waals surface area contributed by atoms with E-state index in [0.29, 0.717) is 6.10 Å². The maximum absolute atomic E-state index is 6.09. The minimum Gasteiger partial charge on any atom is -0.490 e. The van der Waals surface area contributed by atoms with Crippen LogP contribution in [0.25, 0.3) is 11.4 Å². The molecular weight excluding hydrogens is 314 g/mol. The van der Waals surface area contributed by atoms with Crippen molar-refractivity contribution >= 4 is 0 Å². The number of aryl methyl sites for hydroxylation is 1. The molecule has 0 spiro atoms. The number of piperidine rings is 1. The summed E-state index contributed by atoms with van der Waals surface area (Å²) in [7, 11) is 2.16. The molecule has 3 rings (SSSR count). The Balaban J connectivity index is 1.52. The minimum atomic E-state index is 0.325. The van der Waals surface area contributed by atoms with Gasteiger partial charge in [0.15, 0.2) is 5.82 Å². The second kappa shape index (κ2) is 8.97. The number of ether oxygens (including phenoxy) is 1. The van der Waals surface area contributed by atoms with Gasteiger partial charge in [-0.3, -0.25) is 5.10 Å². The Kier molecular flexibility index (Phi) is 6.42. The topological polar surface area (TPSA) is 80.1 Å². The fourth-order valence-electron chi connectivity index (χ4n) is 3.13. The first-order valence-corrected chi connectivity index (χ1v) is 9.31. The van der Waals surface area contributed by atoms with Gasteiger partial charge in [0, 0.05) is 25.1 Å². The van der Waals surface area contributed by atoms with E-state index in [4.69, 9.17) is 10.5 Å². The van der Waals surface area contributed by atoms with Crippen LogP contribution in [-0.2, 0) is 6.42 Å². The number of aromatic amines is 1. The van der Waals surface area contributed by atoms with Crippen molar-refractivity contribution in [3.05, 3.63) is 30.1 Å². The van der Waals surface area contributed by atoms with Gasteiger partial charge in [-0.15, -0.1) is 0 Å². The average Bonchev–Trinajstić information content (AvgIpc) is 3.10. The lowest BCUT2D eigenvalue weighted by Gasteiger charge is -2.29. The third-order valence-electron chi connectivity index (χ3n) is 4.73. The zero-order valence-electron chi connectivity index (χ0n) is 15.1. The fourth-order valence-corrected chi connectivity index (χ4v) is 3.13. The van der Waals surface area contributed by atoms with E-state index in [1.165, 1.54) is 0 Å². The van der Waals surface area contributed by atoms with Crippen molar-refractivity contribution in [3.8, 4) is 17.1 Å². The van der Waals surface area contributed by atoms with Crippen molar-refractivity contribution in [2.75, 3.05) is 26.7 Å². The van der Waals surface area contributed by atoms with Gasteiger partial charge in [0.05, 0.1) is 0 Å². The van der Waals surface area contributed by atoms with Gasteiger partial charge in [-0.2, -0.15) is 5.10 Å². The van der Waals surface area contributed by atoms with Crippen molar-refractivity contribution in [2.24, 2.45) is 5.73 Å². The highest BCUT2D eigenvalue weighted by atomic mass is 16.5. The van der Waals surface area contributed by atoms with Gasteiger partial charge in [0.2, 0.25) is 0 Å². The quantitative estimate of drug-likeness (QED) is 0.720. The number of nitrogens with one attached hydrogen (secondary N) is 1. The molecule has 1 aliphatic rings. The Bertz CT molecular complexity index is 632. The zero-order valence-corrected chi connectivity index (χ0v) is 15.1. The number of hydrogen-bond donors (Lipinski definition) is 2. The molecule has 1 saturated heterocycles. The maximum atomic E-state index is 6.09. The number of likely N-dealkylation sites (tertiary alicyclic amines) is 1. The standard InChI is InChI=1S/C19H29N5O/c1-24-13-10-17(11-14-24)25-16-8-6-15(7-9-16)19-21-18(22-23-19)5-3-2-4-12-20/h6-9,17H,2-5,10-14,20H2,1H3,(H,21,22,23). The zero-order chi connectivity index (χ0) is 17.5. The van der Waals surface area contributed by atoms with Gasteiger partial charge >= 0.3 is 0 Å². The Morgan fingerprint density at radius 3 is 2.64 bits per heavy atom. The maximum Gasteiger partial charge on any atom is 0.181 e. The van der Waals surface area contributed by atoms with Crippen molar-refractivity contribution in [1.29, 1.82) is 0 Å². The van der Waals surface area contributed by atoms with E-state index < -0.39 is 0 Å². The van der Waals surface area contributed by atoms with Crippen LogP contribution in [0.4, 0.5) is 0 Å². The molecular formula is C19H29N5O. The second-order valence-corrected chi connectivity index (χ2v) is 6.85. The number of unbranched alkanes of at least 4 members (excludes halogenated alkanes) is 2. The lowest BCUT2D eigenvalue weighted by atomic mass is 10.1. The molecule has 1 aromatic carbocycles. The molecule has 0 aliphatic carbocycles. The summed E-state index contributed by atoms with van der Waals surface area (Å²) in [6.07, 6.45) is 6.72. The Morgan fingerprint density at radius 1 is 1.16 bits per heavy atom. The van der Waals surface area contributed by atoms with Crippen LogP contribution in [-0.4, -0.2) is 52.9 Å². The van der Waals surface area contributed by atoms with E-state index in [2.05, 4.69) is 27.1 Å². The number of aromatic nitrogens is 3. The Hall–Kier alpha value is -1.92. The highest BCUT2D eigenvalue weighted by Gasteiger charge is 2.18. The van der Waals surface area contributed by atoms with Gasteiger partial charge in [-0.05, 0) is 63.5 Å². The largest absolute Gasteiger partial charge is 0.490 e. The van der Waals surface area contributed by atoms with Crippen LogP contribution < -0.4 is 10.5 Å². The van der Waals surface area contributed by atoms with E-state index in [9.17, 15) is 0 Å². The molecule has 0 radical (unpaired) electrons. The summed E-state index contributed by atoms with van der Waals surface area (Å²) in [5.74, 6) is 2.62. The number of benzene rings is 1. The molecule has 1 fully saturated rings. The normalized spacial score (nSPS) is 16.2. The van der Waals surface area contributed by atoms with Gasteiger partial charge in [-0.25, -0.2) is 4.98 Å². The molecule has 0 amide bonds. The Labute approximate surface area is 149 Å². The molecule has 0 unspecified atom stereocenters. The molecule has 0 saturated carbocycles. The third-order valence-corrected chi connectivity index (χ3v) is 4.73. The number of nitrogens with two attached hydrogens (primary N) is 1. The average molecular weight is 343 g/mol. The summed E-state index contributed by atoms with van der Waals surface area (Å²) in [6.45, 7) is 2.97. The summed E-state index contributed by atoms with van der Waals surface area (Å²) in [4.78, 5) is 6.93. The molecule has 0 bridgehead atoms. The monoisotopic (exact) mass is 343 g/mol. The number of nitrogens with zero attached hydrogens (tertiary/aromatic N) is 3. The predicted molar refractivity (Wildman–Crippen MR) is 99.6 cm³/mol. The molecule has 3 N–H and O–H groups in total. The smallest absolute Gasteiger partial charge is 0.181 e. The summed E-state index contributed by atoms with van der Waals surface area (Å²) < 4.78 is 6.09. The van der Waals surface area contributed by atoms with Gasteiger partial charge in [0.25, 0.3) is 0 Å². The van der Waals surface area contributed by atoms with E-state index in [-0.39, 0.29) is 0 Å². The first-order chi connectivity index (χ1) is 12.2. The van der Waals surface area contributed by atoms with Crippen LogP contribution in [0.2, 0.25) is 0 Å². The molecule has 1 aromatic heterocycles. The van der Waals surface area contributed by atoms with Gasteiger partial charge in [0.1, 0.15) is 17.7 Å². The van der Waals surface area contributed by atoms with Crippen LogP contribution in [0.15, 0.2) is 24.3 Å². The Morgan fingerprint density at radius 2 is 1.92 bits per heavy atom. The molecule has 136 valence electrons. The number of H-pyrrole nitrogens is 1. The highest BCUT2D eigenvalue weighted by Crippen LogP contribution is 2.22. The van der Waals surface area contributed by atoms with Crippen molar-refractivity contribution in [1.82, 2.24) is 20.1 Å². The molecule has 2 heterocycles. The molecule has 6 heteroatoms. The molecule has 25 heavy (non-hydrogen) atoms. The molecule has 2 aromatic rings. The van der Waals surface area contributed by atoms with Crippen LogP contribution in [0.5, 0.6) is 5.75 Å². The summed E-state index contributed by atoms with van der Waals surface area (Å²) in [6, 6.07) is 8.10. The number of hydrogen-bond acceptors (Lipinski definition) is 5. The SMILES string of the molecule is CN1CCC(Oc2ccc(-c3n[nH]c(CCCCCN)n3)cc2)CC1. The lowest BCUT2D eigenvalue weighted by Crippen LogP contribution is -2.35. The van der Waals surface area contributed by atoms with E-state index in [1.54, 1.807) is 0 Å². The van der Waals surface area contributed by atoms with Crippen molar-refractivity contribution in [3.63, 3.8) is 0 Å². The van der Waals surface area contributed by atoms with Crippen LogP contribution in [0.3, 0.4) is 0 Å². The minimum absolute atomic E-state index is 0.325. The number of rotatable bonds is 8. The first-order valence-electron chi connectivity index (χ1n) is 9.31. The summed E-state index contributed by atoms with van der Waals surface area (Å²) >= 11 is 0. The van der Waals surface area contributed by atoms with Crippen LogP contribution >= 0.6 is 0 Å². The fraction of sp³-hybridized carbons (Fsp3) is 0.579. The highest BCUT2D eigenvalue weighted by molar-refractivity contribution is 5.55. The third kappa shape index (κ3) is 5.28. The van der Waals surface area contributed by atoms with Crippen LogP contribution in [0.1, 0.15) is 37.9 Å². The lowest BCUT2D eigenvalue weighted by molar-refractivity contribution is 0.114. The van der Waals surface area contributed by atoms with E-state index in [0.717, 1.165) is 81.1 Å². The van der Waals surface area contributed by atoms with E-state index >= 15 is 0 Å². The van der Waals surface area contributed by atoms with E-state index in [1.807, 2.05) is 24.3 Å². The predicted octanol–water partition coefficient (Wildman–Crippen LogP) is 2.62. The second-order valence-electron chi connectivity index (χ2n) is 6.85. The van der Waals surface area contributed by atoms with Crippen molar-refractivity contribution < 1.29 is 4.74 Å². The van der Waals surface area contributed by atoms with Gasteiger partial charge in [-0.1, -0.05) is 6.42 Å². The van der Waals surface area contributed by atoms with Gasteiger partial charge < -0.3 is 15.4 Å². The summed E-state index contributed by atoms with van der Waals surface area (Å²) in [5.41, 5.74) is 6.53. The molecule has 1 aliphatic heterocycles. The molecule has 0 atom stereocenters.